The van der Waals surface area contributed by atoms with Crippen molar-refractivity contribution >= 4 is 34.7 Å². The fourth-order valence-corrected chi connectivity index (χ4v) is 5.49. The number of pyridine rings is 1. The minimum absolute atomic E-state index is 0.276. The molecule has 0 aliphatic carbocycles. The van der Waals surface area contributed by atoms with Crippen LogP contribution in [0.1, 0.15) is 41.1 Å². The summed E-state index contributed by atoms with van der Waals surface area (Å²) in [4.78, 5) is 20.4. The van der Waals surface area contributed by atoms with Crippen LogP contribution in [0.3, 0.4) is 0 Å². The Morgan fingerprint density at radius 3 is 2.57 bits per heavy atom. The van der Waals surface area contributed by atoms with E-state index in [0.29, 0.717) is 29.9 Å². The Balaban J connectivity index is 1.49. The SMILES string of the molecule is C/N=C\c1c(/C(F)=C/c2cccc3ccccc23)nc(Cc2ccncc2)nc1N1CC2CCC(C1)N2. The zero-order valence-electron chi connectivity index (χ0n) is 20.8. The smallest absolute Gasteiger partial charge is 0.150 e. The molecule has 2 aliphatic heterocycles. The standard InChI is InChI=1S/C30H29FN6/c1-32-17-26-29(27(31)16-22-7-4-6-21-5-2-3-8-25(21)22)35-28(15-20-11-13-33-14-12-20)36-30(26)37-18-23-9-10-24(19-37)34-23/h2-8,11-14,16-17,23-24,34H,9-10,15,18-19H2,1H3/b27-16-,32-17-. The molecule has 186 valence electrons. The van der Waals surface area contributed by atoms with E-state index >= 15 is 4.39 Å². The molecular formula is C30H29FN6. The number of benzene rings is 2. The number of hydrogen-bond acceptors (Lipinski definition) is 6. The molecule has 6 nitrogen and oxygen atoms in total. The summed E-state index contributed by atoms with van der Waals surface area (Å²) in [5, 5.41) is 5.74. The lowest BCUT2D eigenvalue weighted by molar-refractivity contribution is 0.463. The summed E-state index contributed by atoms with van der Waals surface area (Å²) in [6, 6.07) is 18.7. The van der Waals surface area contributed by atoms with Gasteiger partial charge in [0, 0.05) is 57.2 Å². The van der Waals surface area contributed by atoms with Crippen LogP contribution < -0.4 is 10.2 Å². The Morgan fingerprint density at radius 1 is 1.03 bits per heavy atom. The quantitative estimate of drug-likeness (QED) is 0.381. The highest BCUT2D eigenvalue weighted by molar-refractivity contribution is 5.98. The van der Waals surface area contributed by atoms with Crippen molar-refractivity contribution in [2.45, 2.75) is 31.3 Å². The molecular weight excluding hydrogens is 463 g/mol. The predicted octanol–water partition coefficient (Wildman–Crippen LogP) is 5.07. The third kappa shape index (κ3) is 4.87. The summed E-state index contributed by atoms with van der Waals surface area (Å²) >= 11 is 0. The van der Waals surface area contributed by atoms with E-state index in [1.165, 1.54) is 0 Å². The monoisotopic (exact) mass is 492 g/mol. The molecule has 37 heavy (non-hydrogen) atoms. The fourth-order valence-electron chi connectivity index (χ4n) is 5.49. The number of halogens is 1. The highest BCUT2D eigenvalue weighted by Gasteiger charge is 2.34. The minimum atomic E-state index is -0.399. The van der Waals surface area contributed by atoms with Crippen molar-refractivity contribution in [3.63, 3.8) is 0 Å². The summed E-state index contributed by atoms with van der Waals surface area (Å²) in [5.74, 6) is 0.931. The van der Waals surface area contributed by atoms with Gasteiger partial charge in [-0.1, -0.05) is 42.5 Å². The van der Waals surface area contributed by atoms with Crippen LogP contribution in [-0.2, 0) is 6.42 Å². The molecule has 0 spiro atoms. The van der Waals surface area contributed by atoms with Gasteiger partial charge in [0.05, 0.1) is 5.56 Å². The van der Waals surface area contributed by atoms with Crippen molar-refractivity contribution in [1.29, 1.82) is 0 Å². The number of rotatable bonds is 6. The highest BCUT2D eigenvalue weighted by atomic mass is 19.1. The van der Waals surface area contributed by atoms with Crippen LogP contribution in [0.5, 0.6) is 0 Å². The number of piperazine rings is 1. The van der Waals surface area contributed by atoms with Crippen LogP contribution in [0.25, 0.3) is 22.7 Å². The van der Waals surface area contributed by atoms with E-state index in [1.807, 2.05) is 54.6 Å². The number of aliphatic imine (C=N–C) groups is 1. The molecule has 2 saturated heterocycles. The van der Waals surface area contributed by atoms with Gasteiger partial charge >= 0.3 is 0 Å². The van der Waals surface area contributed by atoms with Gasteiger partial charge in [0.1, 0.15) is 23.2 Å². The first kappa shape index (κ1) is 23.4. The molecule has 0 saturated carbocycles. The summed E-state index contributed by atoms with van der Waals surface area (Å²) < 4.78 is 16.2. The summed E-state index contributed by atoms with van der Waals surface area (Å²) in [6.07, 6.45) is 9.58. The first-order valence-electron chi connectivity index (χ1n) is 12.8. The molecule has 2 fully saturated rings. The van der Waals surface area contributed by atoms with Crippen LogP contribution in [0.4, 0.5) is 10.2 Å². The number of hydrogen-bond donors (Lipinski definition) is 1. The van der Waals surface area contributed by atoms with Crippen molar-refractivity contribution in [1.82, 2.24) is 20.3 Å². The lowest BCUT2D eigenvalue weighted by Gasteiger charge is -2.35. The molecule has 4 aromatic rings. The van der Waals surface area contributed by atoms with Gasteiger partial charge in [0.15, 0.2) is 0 Å². The number of fused-ring (bicyclic) bond motifs is 3. The molecule has 2 aromatic heterocycles. The van der Waals surface area contributed by atoms with Crippen molar-refractivity contribution in [3.8, 4) is 0 Å². The van der Waals surface area contributed by atoms with Gasteiger partial charge in [-0.3, -0.25) is 9.98 Å². The zero-order valence-corrected chi connectivity index (χ0v) is 20.8. The second-order valence-corrected chi connectivity index (χ2v) is 9.75. The van der Waals surface area contributed by atoms with Crippen LogP contribution >= 0.6 is 0 Å². The predicted molar refractivity (Wildman–Crippen MR) is 148 cm³/mol. The molecule has 2 unspecified atom stereocenters. The van der Waals surface area contributed by atoms with E-state index in [4.69, 9.17) is 9.97 Å². The van der Waals surface area contributed by atoms with Gasteiger partial charge in [-0.25, -0.2) is 14.4 Å². The molecule has 0 amide bonds. The number of nitrogens with one attached hydrogen (secondary N) is 1. The van der Waals surface area contributed by atoms with Crippen molar-refractivity contribution in [3.05, 3.63) is 95.2 Å². The largest absolute Gasteiger partial charge is 0.353 e. The summed E-state index contributed by atoms with van der Waals surface area (Å²) in [6.45, 7) is 1.67. The Hall–Kier alpha value is -3.97. The van der Waals surface area contributed by atoms with Crippen molar-refractivity contribution in [2.75, 3.05) is 25.0 Å². The van der Waals surface area contributed by atoms with Crippen molar-refractivity contribution in [2.24, 2.45) is 4.99 Å². The van der Waals surface area contributed by atoms with E-state index in [2.05, 4.69) is 20.2 Å². The first-order valence-corrected chi connectivity index (χ1v) is 12.8. The number of anilines is 1. The third-order valence-corrected chi connectivity index (χ3v) is 7.19. The molecule has 2 aromatic carbocycles. The van der Waals surface area contributed by atoms with Crippen molar-refractivity contribution < 1.29 is 4.39 Å². The van der Waals surface area contributed by atoms with Gasteiger partial charge in [-0.05, 0) is 52.9 Å². The average Bonchev–Trinajstić information content (AvgIpc) is 3.27. The molecule has 6 rings (SSSR count). The molecule has 2 atom stereocenters. The van der Waals surface area contributed by atoms with E-state index in [-0.39, 0.29) is 5.69 Å². The molecule has 2 bridgehead atoms. The Kier molecular flexibility index (Phi) is 6.45. The van der Waals surface area contributed by atoms with E-state index in [1.54, 1.807) is 31.7 Å². The lowest BCUT2D eigenvalue weighted by atomic mass is 10.0. The van der Waals surface area contributed by atoms with Gasteiger partial charge in [0.2, 0.25) is 0 Å². The maximum absolute atomic E-state index is 16.2. The molecule has 1 N–H and O–H groups in total. The van der Waals surface area contributed by atoms with E-state index < -0.39 is 5.83 Å². The van der Waals surface area contributed by atoms with E-state index in [0.717, 1.165) is 53.6 Å². The maximum Gasteiger partial charge on any atom is 0.150 e. The number of aromatic nitrogens is 3. The molecule has 4 heterocycles. The second kappa shape index (κ2) is 10.2. The Bertz CT molecular complexity index is 1470. The maximum atomic E-state index is 16.2. The van der Waals surface area contributed by atoms with E-state index in [9.17, 15) is 0 Å². The first-order chi connectivity index (χ1) is 18.2. The summed E-state index contributed by atoms with van der Waals surface area (Å²) in [5.41, 5.74) is 2.74. The van der Waals surface area contributed by atoms with Gasteiger partial charge in [-0.15, -0.1) is 0 Å². The number of nitrogens with zero attached hydrogens (tertiary/aromatic N) is 5. The van der Waals surface area contributed by atoms with Gasteiger partial charge in [0.25, 0.3) is 0 Å². The minimum Gasteiger partial charge on any atom is -0.353 e. The molecule has 7 heteroatoms. The highest BCUT2D eigenvalue weighted by Crippen LogP contribution is 2.32. The average molecular weight is 493 g/mol. The second-order valence-electron chi connectivity index (χ2n) is 9.75. The lowest BCUT2D eigenvalue weighted by Crippen LogP contribution is -2.51. The van der Waals surface area contributed by atoms with Crippen LogP contribution in [0.15, 0.2) is 72.0 Å². The van der Waals surface area contributed by atoms with Crippen LogP contribution in [0.2, 0.25) is 0 Å². The third-order valence-electron chi connectivity index (χ3n) is 7.19. The fraction of sp³-hybridized carbons (Fsp3) is 0.267. The zero-order chi connectivity index (χ0) is 25.2. The molecule has 2 aliphatic rings. The summed E-state index contributed by atoms with van der Waals surface area (Å²) in [7, 11) is 1.70. The van der Waals surface area contributed by atoms with Crippen LogP contribution in [-0.4, -0.2) is 53.4 Å². The van der Waals surface area contributed by atoms with Gasteiger partial charge < -0.3 is 10.2 Å². The van der Waals surface area contributed by atoms with Gasteiger partial charge in [-0.2, -0.15) is 0 Å². The van der Waals surface area contributed by atoms with Crippen LogP contribution in [0, 0.1) is 0 Å². The Morgan fingerprint density at radius 2 is 1.78 bits per heavy atom. The topological polar surface area (TPSA) is 66.3 Å². The normalized spacial score (nSPS) is 19.7. The Labute approximate surface area is 216 Å². The molecule has 0 radical (unpaired) electrons.